The Morgan fingerprint density at radius 2 is 1.62 bits per heavy atom. The van der Waals surface area contributed by atoms with Crippen LogP contribution in [-0.4, -0.2) is 17.9 Å². The molecule has 0 aromatic rings. The van der Waals surface area contributed by atoms with E-state index in [2.05, 4.69) is 5.32 Å². The lowest BCUT2D eigenvalue weighted by atomic mass is 10.0. The van der Waals surface area contributed by atoms with Crippen LogP contribution in [0.5, 0.6) is 0 Å². The normalized spacial score (nSPS) is 13.1. The highest BCUT2D eigenvalue weighted by Gasteiger charge is 2.22. The topological polar surface area (TPSA) is 72.2 Å². The summed E-state index contributed by atoms with van der Waals surface area (Å²) in [5.74, 6) is -0.720. The average Bonchev–Trinajstić information content (AvgIpc) is 1.97. The summed E-state index contributed by atoms with van der Waals surface area (Å²) in [5, 5.41) is 2.60. The molecule has 0 aromatic carbocycles. The van der Waals surface area contributed by atoms with Crippen molar-refractivity contribution in [2.75, 3.05) is 0 Å². The fourth-order valence-corrected chi connectivity index (χ4v) is 0.886. The molecule has 0 aliphatic heterocycles. The van der Waals surface area contributed by atoms with E-state index in [0.717, 1.165) is 0 Å². The highest BCUT2D eigenvalue weighted by molar-refractivity contribution is 5.87. The standard InChI is InChI=1S/C9H18N2O2/c1-5(2)7(8(10)12)11-9(13)6(3)4/h5-7H,1-4H3,(H2,10,12)(H,11,13)/t7-/m0/s1. The molecule has 0 aliphatic carbocycles. The molecule has 0 spiro atoms. The Bertz CT molecular complexity index is 200. The smallest absolute Gasteiger partial charge is 0.240 e. The van der Waals surface area contributed by atoms with Crippen molar-refractivity contribution in [2.45, 2.75) is 33.7 Å². The molecule has 0 saturated carbocycles. The van der Waals surface area contributed by atoms with Gasteiger partial charge in [0.2, 0.25) is 11.8 Å². The molecule has 4 nitrogen and oxygen atoms in total. The van der Waals surface area contributed by atoms with E-state index in [1.807, 2.05) is 13.8 Å². The molecular formula is C9H18N2O2. The summed E-state index contributed by atoms with van der Waals surface area (Å²) in [6.45, 7) is 7.23. The van der Waals surface area contributed by atoms with Crippen LogP contribution in [0.2, 0.25) is 0 Å². The Labute approximate surface area is 78.9 Å². The summed E-state index contributed by atoms with van der Waals surface area (Å²) < 4.78 is 0. The lowest BCUT2D eigenvalue weighted by Crippen LogP contribution is -2.48. The van der Waals surface area contributed by atoms with E-state index in [-0.39, 0.29) is 17.7 Å². The van der Waals surface area contributed by atoms with Crippen molar-refractivity contribution in [3.63, 3.8) is 0 Å². The van der Waals surface area contributed by atoms with Crippen LogP contribution in [0.3, 0.4) is 0 Å². The first-order chi connectivity index (χ1) is 5.86. The van der Waals surface area contributed by atoms with Crippen LogP contribution in [-0.2, 0) is 9.59 Å². The molecule has 1 atom stereocenters. The van der Waals surface area contributed by atoms with Crippen LogP contribution in [0.15, 0.2) is 0 Å². The molecule has 0 bridgehead atoms. The Morgan fingerprint density at radius 1 is 1.15 bits per heavy atom. The van der Waals surface area contributed by atoms with Crippen LogP contribution >= 0.6 is 0 Å². The summed E-state index contributed by atoms with van der Waals surface area (Å²) in [5.41, 5.74) is 5.13. The molecule has 76 valence electrons. The van der Waals surface area contributed by atoms with E-state index in [0.29, 0.717) is 0 Å². The van der Waals surface area contributed by atoms with Crippen molar-refractivity contribution in [3.8, 4) is 0 Å². The average molecular weight is 186 g/mol. The number of nitrogens with two attached hydrogens (primary N) is 1. The van der Waals surface area contributed by atoms with Gasteiger partial charge in [-0.05, 0) is 5.92 Å². The number of nitrogens with one attached hydrogen (secondary N) is 1. The lowest BCUT2D eigenvalue weighted by Gasteiger charge is -2.19. The summed E-state index contributed by atoms with van der Waals surface area (Å²) in [7, 11) is 0. The summed E-state index contributed by atoms with van der Waals surface area (Å²) in [4.78, 5) is 22.1. The van der Waals surface area contributed by atoms with Gasteiger partial charge in [-0.15, -0.1) is 0 Å². The number of carbonyl (C=O) groups excluding carboxylic acids is 2. The number of primary amides is 1. The van der Waals surface area contributed by atoms with Crippen molar-refractivity contribution in [2.24, 2.45) is 17.6 Å². The highest BCUT2D eigenvalue weighted by Crippen LogP contribution is 2.02. The fraction of sp³-hybridized carbons (Fsp3) is 0.778. The van der Waals surface area contributed by atoms with Gasteiger partial charge in [-0.3, -0.25) is 9.59 Å². The summed E-state index contributed by atoms with van der Waals surface area (Å²) in [6.07, 6.45) is 0. The number of carbonyl (C=O) groups is 2. The molecule has 0 aliphatic rings. The molecule has 0 aromatic heterocycles. The minimum Gasteiger partial charge on any atom is -0.368 e. The Hall–Kier alpha value is -1.06. The van der Waals surface area contributed by atoms with Crippen molar-refractivity contribution < 1.29 is 9.59 Å². The molecular weight excluding hydrogens is 168 g/mol. The third-order valence-electron chi connectivity index (χ3n) is 1.80. The molecule has 4 heteroatoms. The number of rotatable bonds is 4. The van der Waals surface area contributed by atoms with E-state index < -0.39 is 11.9 Å². The Balaban J connectivity index is 4.27. The molecule has 0 unspecified atom stereocenters. The Kier molecular flexibility index (Phi) is 4.45. The van der Waals surface area contributed by atoms with E-state index in [1.165, 1.54) is 0 Å². The number of amides is 2. The first-order valence-corrected chi connectivity index (χ1v) is 4.46. The second-order valence-corrected chi connectivity index (χ2v) is 3.79. The van der Waals surface area contributed by atoms with Crippen molar-refractivity contribution in [1.82, 2.24) is 5.32 Å². The van der Waals surface area contributed by atoms with Gasteiger partial charge in [0, 0.05) is 5.92 Å². The van der Waals surface area contributed by atoms with Crippen molar-refractivity contribution >= 4 is 11.8 Å². The zero-order valence-corrected chi connectivity index (χ0v) is 8.63. The molecule has 0 saturated heterocycles. The summed E-state index contributed by atoms with van der Waals surface area (Å²) >= 11 is 0. The Morgan fingerprint density at radius 3 is 1.85 bits per heavy atom. The van der Waals surface area contributed by atoms with Gasteiger partial charge in [-0.25, -0.2) is 0 Å². The van der Waals surface area contributed by atoms with Crippen molar-refractivity contribution in [1.29, 1.82) is 0 Å². The maximum absolute atomic E-state index is 11.2. The van der Waals surface area contributed by atoms with Gasteiger partial charge in [0.15, 0.2) is 0 Å². The van der Waals surface area contributed by atoms with Gasteiger partial charge in [-0.2, -0.15) is 0 Å². The first-order valence-electron chi connectivity index (χ1n) is 4.46. The largest absolute Gasteiger partial charge is 0.368 e. The van der Waals surface area contributed by atoms with Gasteiger partial charge in [0.05, 0.1) is 0 Å². The third-order valence-corrected chi connectivity index (χ3v) is 1.80. The highest BCUT2D eigenvalue weighted by atomic mass is 16.2. The van der Waals surface area contributed by atoms with E-state index in [4.69, 9.17) is 5.73 Å². The minimum absolute atomic E-state index is 0.0280. The predicted molar refractivity (Wildman–Crippen MR) is 50.8 cm³/mol. The van der Waals surface area contributed by atoms with E-state index in [1.54, 1.807) is 13.8 Å². The predicted octanol–water partition coefficient (Wildman–Crippen LogP) is 0.268. The van der Waals surface area contributed by atoms with Crippen LogP contribution in [0.4, 0.5) is 0 Å². The SMILES string of the molecule is CC(C)C(=O)N[C@H](C(N)=O)C(C)C. The van der Waals surface area contributed by atoms with E-state index in [9.17, 15) is 9.59 Å². The molecule has 0 radical (unpaired) electrons. The monoisotopic (exact) mass is 186 g/mol. The summed E-state index contributed by atoms with van der Waals surface area (Å²) in [6, 6.07) is -0.560. The minimum atomic E-state index is -0.560. The molecule has 0 rings (SSSR count). The van der Waals surface area contributed by atoms with Gasteiger partial charge >= 0.3 is 0 Å². The third kappa shape index (κ3) is 3.92. The lowest BCUT2D eigenvalue weighted by molar-refractivity contribution is -0.130. The molecule has 3 N–H and O–H groups in total. The zero-order valence-electron chi connectivity index (χ0n) is 8.63. The van der Waals surface area contributed by atoms with E-state index >= 15 is 0 Å². The second kappa shape index (κ2) is 4.84. The van der Waals surface area contributed by atoms with Gasteiger partial charge < -0.3 is 11.1 Å². The van der Waals surface area contributed by atoms with Crippen LogP contribution in [0, 0.1) is 11.8 Å². The van der Waals surface area contributed by atoms with Crippen molar-refractivity contribution in [3.05, 3.63) is 0 Å². The second-order valence-electron chi connectivity index (χ2n) is 3.79. The van der Waals surface area contributed by atoms with Gasteiger partial charge in [0.25, 0.3) is 0 Å². The molecule has 0 fully saturated rings. The number of hydrogen-bond donors (Lipinski definition) is 2. The van der Waals surface area contributed by atoms with Crippen LogP contribution in [0.25, 0.3) is 0 Å². The first kappa shape index (κ1) is 11.9. The molecule has 2 amide bonds. The van der Waals surface area contributed by atoms with Gasteiger partial charge in [-0.1, -0.05) is 27.7 Å². The molecule has 0 heterocycles. The fourth-order valence-electron chi connectivity index (χ4n) is 0.886. The van der Waals surface area contributed by atoms with Crippen LogP contribution in [0.1, 0.15) is 27.7 Å². The zero-order chi connectivity index (χ0) is 10.6. The maximum atomic E-state index is 11.2. The van der Waals surface area contributed by atoms with Gasteiger partial charge in [0.1, 0.15) is 6.04 Å². The number of hydrogen-bond acceptors (Lipinski definition) is 2. The molecule has 13 heavy (non-hydrogen) atoms. The maximum Gasteiger partial charge on any atom is 0.240 e. The quantitative estimate of drug-likeness (QED) is 0.661. The van der Waals surface area contributed by atoms with Crippen LogP contribution < -0.4 is 11.1 Å².